The number of amides is 2. The molecule has 0 saturated heterocycles. The first-order valence-electron chi connectivity index (χ1n) is 7.45. The van der Waals surface area contributed by atoms with Crippen LogP contribution in [0.15, 0.2) is 46.9 Å². The minimum Gasteiger partial charge on any atom is -0.352 e. The van der Waals surface area contributed by atoms with Gasteiger partial charge in [-0.1, -0.05) is 22.0 Å². The van der Waals surface area contributed by atoms with Crippen molar-refractivity contribution in [2.24, 2.45) is 0 Å². The number of anilines is 1. The molecule has 2 aromatic carbocycles. The summed E-state index contributed by atoms with van der Waals surface area (Å²) < 4.78 is 0.871. The molecule has 0 aliphatic carbocycles. The van der Waals surface area contributed by atoms with Crippen LogP contribution < -0.4 is 10.6 Å². The lowest BCUT2D eigenvalue weighted by atomic mass is 10.1. The molecule has 0 bridgehead atoms. The van der Waals surface area contributed by atoms with E-state index in [1.54, 1.807) is 37.3 Å². The highest BCUT2D eigenvalue weighted by Gasteiger charge is 2.11. The average molecular weight is 406 g/mol. The zero-order valence-electron chi connectivity index (χ0n) is 13.4. The van der Waals surface area contributed by atoms with Crippen LogP contribution in [0.5, 0.6) is 0 Å². The molecule has 0 fully saturated rings. The van der Waals surface area contributed by atoms with Crippen LogP contribution in [0.4, 0.5) is 11.4 Å². The molecule has 2 aromatic rings. The van der Waals surface area contributed by atoms with Crippen LogP contribution in [-0.2, 0) is 4.79 Å². The summed E-state index contributed by atoms with van der Waals surface area (Å²) in [6.45, 7) is 1.91. The van der Waals surface area contributed by atoms with E-state index in [-0.39, 0.29) is 30.5 Å². The maximum Gasteiger partial charge on any atom is 0.271 e. The lowest BCUT2D eigenvalue weighted by Gasteiger charge is -2.09. The number of rotatable bonds is 6. The van der Waals surface area contributed by atoms with Crippen LogP contribution >= 0.6 is 15.9 Å². The molecule has 0 spiro atoms. The second-order valence-corrected chi connectivity index (χ2v) is 6.23. The first kappa shape index (κ1) is 18.6. The Morgan fingerprint density at radius 1 is 1.16 bits per heavy atom. The van der Waals surface area contributed by atoms with E-state index < -0.39 is 4.92 Å². The molecule has 7 nitrogen and oxygen atoms in total. The molecule has 130 valence electrons. The molecule has 0 radical (unpaired) electrons. The van der Waals surface area contributed by atoms with Crippen molar-refractivity contribution in [2.75, 3.05) is 11.9 Å². The van der Waals surface area contributed by atoms with Crippen molar-refractivity contribution >= 4 is 39.1 Å². The van der Waals surface area contributed by atoms with Crippen LogP contribution in [0.1, 0.15) is 22.3 Å². The standard InChI is InChI=1S/C17H16BrN3O4/c1-11-2-7-14(21(24)25)10-15(11)20-16(22)8-9-19-17(23)12-3-5-13(18)6-4-12/h2-7,10H,8-9H2,1H3,(H,19,23)(H,20,22). The molecule has 0 atom stereocenters. The van der Waals surface area contributed by atoms with Crippen LogP contribution in [0.25, 0.3) is 0 Å². The van der Waals surface area contributed by atoms with Crippen molar-refractivity contribution in [3.63, 3.8) is 0 Å². The quantitative estimate of drug-likeness (QED) is 0.567. The largest absolute Gasteiger partial charge is 0.352 e. The van der Waals surface area contributed by atoms with Gasteiger partial charge in [0.1, 0.15) is 0 Å². The maximum absolute atomic E-state index is 12.0. The predicted octanol–water partition coefficient (Wildman–Crippen LogP) is 3.42. The lowest BCUT2D eigenvalue weighted by Crippen LogP contribution is -2.27. The van der Waals surface area contributed by atoms with Gasteiger partial charge in [0.05, 0.1) is 10.6 Å². The molecule has 25 heavy (non-hydrogen) atoms. The van der Waals surface area contributed by atoms with Crippen molar-refractivity contribution in [3.8, 4) is 0 Å². The highest BCUT2D eigenvalue weighted by molar-refractivity contribution is 9.10. The number of carbonyl (C=O) groups excluding carboxylic acids is 2. The van der Waals surface area contributed by atoms with E-state index in [2.05, 4.69) is 26.6 Å². The zero-order valence-corrected chi connectivity index (χ0v) is 15.0. The van der Waals surface area contributed by atoms with E-state index >= 15 is 0 Å². The monoisotopic (exact) mass is 405 g/mol. The van der Waals surface area contributed by atoms with Gasteiger partial charge in [-0.05, 0) is 36.8 Å². The Labute approximate surface area is 152 Å². The van der Waals surface area contributed by atoms with Crippen LogP contribution in [0, 0.1) is 17.0 Å². The van der Waals surface area contributed by atoms with E-state index in [1.807, 2.05) is 0 Å². The summed E-state index contributed by atoms with van der Waals surface area (Å²) in [5.41, 5.74) is 1.51. The summed E-state index contributed by atoms with van der Waals surface area (Å²) in [4.78, 5) is 34.2. The first-order valence-corrected chi connectivity index (χ1v) is 8.25. The van der Waals surface area contributed by atoms with Crippen LogP contribution in [0.2, 0.25) is 0 Å². The number of hydrogen-bond donors (Lipinski definition) is 2. The number of benzene rings is 2. The highest BCUT2D eigenvalue weighted by Crippen LogP contribution is 2.21. The molecule has 0 aliphatic heterocycles. The second kappa shape index (κ2) is 8.39. The molecular weight excluding hydrogens is 390 g/mol. The van der Waals surface area contributed by atoms with Crippen molar-refractivity contribution in [1.82, 2.24) is 5.32 Å². The fourth-order valence-electron chi connectivity index (χ4n) is 2.06. The minimum absolute atomic E-state index is 0.0599. The van der Waals surface area contributed by atoms with E-state index in [0.717, 1.165) is 10.0 Å². The molecule has 0 heterocycles. The van der Waals surface area contributed by atoms with Crippen LogP contribution in [0.3, 0.4) is 0 Å². The SMILES string of the molecule is Cc1ccc([N+](=O)[O-])cc1NC(=O)CCNC(=O)c1ccc(Br)cc1. The van der Waals surface area contributed by atoms with Gasteiger partial charge in [0, 0.05) is 35.1 Å². The van der Waals surface area contributed by atoms with Crippen molar-refractivity contribution in [3.05, 3.63) is 68.2 Å². The number of nitrogens with one attached hydrogen (secondary N) is 2. The Bertz CT molecular complexity index is 806. The summed E-state index contributed by atoms with van der Waals surface area (Å²) in [5, 5.41) is 16.1. The van der Waals surface area contributed by atoms with Gasteiger partial charge < -0.3 is 10.6 Å². The topological polar surface area (TPSA) is 101 Å². The lowest BCUT2D eigenvalue weighted by molar-refractivity contribution is -0.384. The molecule has 8 heteroatoms. The third kappa shape index (κ3) is 5.39. The number of aryl methyl sites for hydroxylation is 1. The number of nitro groups is 1. The summed E-state index contributed by atoms with van der Waals surface area (Å²) in [6, 6.07) is 11.1. The normalized spacial score (nSPS) is 10.2. The van der Waals surface area contributed by atoms with Gasteiger partial charge in [0.15, 0.2) is 0 Å². The molecule has 0 saturated carbocycles. The van der Waals surface area contributed by atoms with E-state index in [9.17, 15) is 19.7 Å². The van der Waals surface area contributed by atoms with E-state index in [4.69, 9.17) is 0 Å². The van der Waals surface area contributed by atoms with Gasteiger partial charge in [0.2, 0.25) is 5.91 Å². The number of non-ortho nitro benzene ring substituents is 1. The smallest absolute Gasteiger partial charge is 0.271 e. The Morgan fingerprint density at radius 3 is 2.48 bits per heavy atom. The Balaban J connectivity index is 1.87. The van der Waals surface area contributed by atoms with Crippen LogP contribution in [-0.4, -0.2) is 23.3 Å². The van der Waals surface area contributed by atoms with Crippen molar-refractivity contribution in [2.45, 2.75) is 13.3 Å². The van der Waals surface area contributed by atoms with E-state index in [0.29, 0.717) is 11.3 Å². The molecule has 2 rings (SSSR count). The van der Waals surface area contributed by atoms with Gasteiger partial charge in [-0.25, -0.2) is 0 Å². The third-order valence-corrected chi connectivity index (χ3v) is 3.98. The minimum atomic E-state index is -0.520. The Hall–Kier alpha value is -2.74. The Morgan fingerprint density at radius 2 is 1.84 bits per heavy atom. The molecule has 2 N–H and O–H groups in total. The molecule has 2 amide bonds. The van der Waals surface area contributed by atoms with Gasteiger partial charge in [-0.3, -0.25) is 19.7 Å². The summed E-state index contributed by atoms with van der Waals surface area (Å²) in [5.74, 6) is -0.605. The summed E-state index contributed by atoms with van der Waals surface area (Å²) in [6.07, 6.45) is 0.0599. The predicted molar refractivity (Wildman–Crippen MR) is 97.6 cm³/mol. The summed E-state index contributed by atoms with van der Waals surface area (Å²) in [7, 11) is 0. The molecular formula is C17H16BrN3O4. The maximum atomic E-state index is 12.0. The molecule has 0 aromatic heterocycles. The van der Waals surface area contributed by atoms with Gasteiger partial charge >= 0.3 is 0 Å². The number of nitro benzene ring substituents is 1. The fraction of sp³-hybridized carbons (Fsp3) is 0.176. The number of hydrogen-bond acceptors (Lipinski definition) is 4. The van der Waals surface area contributed by atoms with Gasteiger partial charge in [-0.2, -0.15) is 0 Å². The molecule has 0 aliphatic rings. The van der Waals surface area contributed by atoms with Crippen molar-refractivity contribution in [1.29, 1.82) is 0 Å². The average Bonchev–Trinajstić information content (AvgIpc) is 2.57. The summed E-state index contributed by atoms with van der Waals surface area (Å²) >= 11 is 3.29. The van der Waals surface area contributed by atoms with E-state index in [1.165, 1.54) is 12.1 Å². The first-order chi connectivity index (χ1) is 11.9. The fourth-order valence-corrected chi connectivity index (χ4v) is 2.33. The second-order valence-electron chi connectivity index (χ2n) is 5.32. The van der Waals surface area contributed by atoms with Gasteiger partial charge in [0.25, 0.3) is 11.6 Å². The Kier molecular flexibility index (Phi) is 6.24. The zero-order chi connectivity index (χ0) is 18.4. The van der Waals surface area contributed by atoms with Gasteiger partial charge in [-0.15, -0.1) is 0 Å². The van der Waals surface area contributed by atoms with Crippen molar-refractivity contribution < 1.29 is 14.5 Å². The highest BCUT2D eigenvalue weighted by atomic mass is 79.9. The molecule has 0 unspecified atom stereocenters. The number of nitrogens with zero attached hydrogens (tertiary/aromatic N) is 1. The number of carbonyl (C=O) groups is 2. The third-order valence-electron chi connectivity index (χ3n) is 3.45. The number of halogens is 1.